The van der Waals surface area contributed by atoms with Gasteiger partial charge in [-0.3, -0.25) is 10.1 Å². The Labute approximate surface area is 117 Å². The summed E-state index contributed by atoms with van der Waals surface area (Å²) in [5.41, 5.74) is -0.783. The molecule has 0 saturated carbocycles. The molecule has 1 N–H and O–H groups in total. The van der Waals surface area contributed by atoms with Crippen LogP contribution in [0.3, 0.4) is 0 Å². The lowest BCUT2D eigenvalue weighted by Gasteiger charge is -2.03. The third-order valence-corrected chi connectivity index (χ3v) is 3.68. The Hall–Kier alpha value is -2.42. The molecule has 0 atom stereocenters. The molecule has 0 aliphatic rings. The minimum Gasteiger partial charge on any atom is -0.477 e. The number of benzene rings is 1. The Balaban J connectivity index is 2.39. The topological polar surface area (TPSA) is 111 Å². The van der Waals surface area contributed by atoms with Gasteiger partial charge in [-0.2, -0.15) is 0 Å². The van der Waals surface area contributed by atoms with Crippen LogP contribution < -0.4 is 0 Å². The first-order valence-corrected chi connectivity index (χ1v) is 6.27. The monoisotopic (exact) mass is 294 g/mol. The van der Waals surface area contributed by atoms with E-state index in [1.807, 2.05) is 0 Å². The maximum atomic E-state index is 11.1. The number of carbonyl (C=O) groups is 1. The molecule has 0 aliphatic heterocycles. The normalized spacial score (nSPS) is 10.5. The molecule has 0 saturated heterocycles. The third kappa shape index (κ3) is 2.62. The van der Waals surface area contributed by atoms with Crippen LogP contribution in [0, 0.1) is 17.0 Å². The highest BCUT2D eigenvalue weighted by Gasteiger charge is 2.20. The average Bonchev–Trinajstić information content (AvgIpc) is 2.70. The van der Waals surface area contributed by atoms with Crippen LogP contribution in [0.4, 0.5) is 5.69 Å². The van der Waals surface area contributed by atoms with Gasteiger partial charge in [-0.05, 0) is 30.8 Å². The van der Waals surface area contributed by atoms with Crippen molar-refractivity contribution in [1.29, 1.82) is 0 Å². The smallest absolute Gasteiger partial charge is 0.342 e. The second kappa shape index (κ2) is 5.29. The van der Waals surface area contributed by atoms with Crippen LogP contribution in [0.25, 0.3) is 0 Å². The van der Waals surface area contributed by atoms with Crippen LogP contribution in [-0.2, 0) is 7.05 Å². The fourth-order valence-electron chi connectivity index (χ4n) is 1.49. The van der Waals surface area contributed by atoms with Crippen molar-refractivity contribution in [2.75, 3.05) is 0 Å². The quantitative estimate of drug-likeness (QED) is 0.676. The zero-order valence-electron chi connectivity index (χ0n) is 10.6. The van der Waals surface area contributed by atoms with E-state index >= 15 is 0 Å². The summed E-state index contributed by atoms with van der Waals surface area (Å²) in [4.78, 5) is 21.6. The maximum Gasteiger partial charge on any atom is 0.342 e. The van der Waals surface area contributed by atoms with E-state index in [1.54, 1.807) is 18.5 Å². The lowest BCUT2D eigenvalue weighted by Crippen LogP contribution is -2.02. The lowest BCUT2D eigenvalue weighted by molar-refractivity contribution is -0.385. The number of hydrogen-bond donors (Lipinski definition) is 1. The van der Waals surface area contributed by atoms with Gasteiger partial charge in [0.25, 0.3) is 5.69 Å². The van der Waals surface area contributed by atoms with Crippen LogP contribution in [0.2, 0.25) is 0 Å². The van der Waals surface area contributed by atoms with Crippen molar-refractivity contribution in [2.45, 2.75) is 17.0 Å². The molecule has 104 valence electrons. The molecule has 0 amide bonds. The number of aryl methyl sites for hydroxylation is 1. The summed E-state index contributed by atoms with van der Waals surface area (Å²) in [6, 6.07) is 3.92. The number of hydrogen-bond acceptors (Lipinski definition) is 6. The maximum absolute atomic E-state index is 11.1. The molecule has 0 radical (unpaired) electrons. The zero-order chi connectivity index (χ0) is 14.9. The average molecular weight is 294 g/mol. The molecule has 0 aliphatic carbocycles. The standard InChI is InChI=1S/C11H10N4O4S/c1-6-12-13-11(14(6)2)20-7-3-4-9(15(18)19)8(5-7)10(16)17/h3-5H,1-2H3,(H,16,17). The molecule has 0 spiro atoms. The number of nitro benzene ring substituents is 1. The summed E-state index contributed by atoms with van der Waals surface area (Å²) in [5.74, 6) is -0.624. The van der Waals surface area contributed by atoms with Crippen molar-refractivity contribution in [2.24, 2.45) is 7.05 Å². The fourth-order valence-corrected chi connectivity index (χ4v) is 2.37. The van der Waals surface area contributed by atoms with Gasteiger partial charge in [-0.25, -0.2) is 4.79 Å². The van der Waals surface area contributed by atoms with Crippen LogP contribution in [-0.4, -0.2) is 30.8 Å². The Kier molecular flexibility index (Phi) is 3.70. The summed E-state index contributed by atoms with van der Waals surface area (Å²) >= 11 is 1.19. The zero-order valence-corrected chi connectivity index (χ0v) is 11.4. The van der Waals surface area contributed by atoms with Gasteiger partial charge >= 0.3 is 5.97 Å². The minimum atomic E-state index is -1.34. The molecule has 0 fully saturated rings. The Morgan fingerprint density at radius 1 is 1.45 bits per heavy atom. The fraction of sp³-hybridized carbons (Fsp3) is 0.182. The summed E-state index contributed by atoms with van der Waals surface area (Å²) in [5, 5.41) is 28.2. The van der Waals surface area contributed by atoms with Gasteiger partial charge in [-0.15, -0.1) is 10.2 Å². The highest BCUT2D eigenvalue weighted by atomic mass is 32.2. The first kappa shape index (κ1) is 14.0. The Morgan fingerprint density at radius 2 is 2.15 bits per heavy atom. The Bertz CT molecular complexity index is 698. The molecule has 0 unspecified atom stereocenters. The molecule has 1 heterocycles. The third-order valence-electron chi connectivity index (χ3n) is 2.66. The summed E-state index contributed by atoms with van der Waals surface area (Å²) in [6.45, 7) is 1.79. The lowest BCUT2D eigenvalue weighted by atomic mass is 10.2. The van der Waals surface area contributed by atoms with Gasteiger partial charge in [-0.1, -0.05) is 0 Å². The van der Waals surface area contributed by atoms with E-state index in [2.05, 4.69) is 10.2 Å². The SMILES string of the molecule is Cc1nnc(Sc2ccc([N+](=O)[O-])c(C(=O)O)c2)n1C. The molecule has 2 rings (SSSR count). The van der Waals surface area contributed by atoms with E-state index in [-0.39, 0.29) is 5.56 Å². The van der Waals surface area contributed by atoms with Crippen LogP contribution in [0.5, 0.6) is 0 Å². The van der Waals surface area contributed by atoms with Crippen LogP contribution in [0.1, 0.15) is 16.2 Å². The van der Waals surface area contributed by atoms with Crippen LogP contribution >= 0.6 is 11.8 Å². The first-order valence-electron chi connectivity index (χ1n) is 5.45. The predicted octanol–water partition coefficient (Wildman–Crippen LogP) is 1.88. The molecule has 1 aromatic heterocycles. The number of nitro groups is 1. The van der Waals surface area contributed by atoms with Crippen molar-refractivity contribution in [3.8, 4) is 0 Å². The molecule has 1 aromatic carbocycles. The molecule has 0 bridgehead atoms. The second-order valence-corrected chi connectivity index (χ2v) is 4.97. The van der Waals surface area contributed by atoms with Gasteiger partial charge in [0.15, 0.2) is 5.16 Å². The highest BCUT2D eigenvalue weighted by molar-refractivity contribution is 7.99. The van der Waals surface area contributed by atoms with Gasteiger partial charge in [0.1, 0.15) is 11.4 Å². The second-order valence-electron chi connectivity index (χ2n) is 3.93. The number of aromatic carboxylic acids is 1. The van der Waals surface area contributed by atoms with E-state index in [0.717, 1.165) is 0 Å². The van der Waals surface area contributed by atoms with E-state index in [9.17, 15) is 14.9 Å². The van der Waals surface area contributed by atoms with Crippen molar-refractivity contribution in [3.05, 3.63) is 39.7 Å². The summed E-state index contributed by atoms with van der Waals surface area (Å²) in [6.07, 6.45) is 0. The summed E-state index contributed by atoms with van der Waals surface area (Å²) < 4.78 is 1.74. The van der Waals surface area contributed by atoms with E-state index < -0.39 is 16.6 Å². The van der Waals surface area contributed by atoms with Crippen LogP contribution in [0.15, 0.2) is 28.3 Å². The largest absolute Gasteiger partial charge is 0.477 e. The molecule has 9 heteroatoms. The van der Waals surface area contributed by atoms with Gasteiger partial charge in [0.2, 0.25) is 0 Å². The predicted molar refractivity (Wildman–Crippen MR) is 69.9 cm³/mol. The number of carboxylic acid groups (broad SMARTS) is 1. The van der Waals surface area contributed by atoms with Gasteiger partial charge in [0, 0.05) is 18.0 Å². The van der Waals surface area contributed by atoms with Gasteiger partial charge in [0.05, 0.1) is 4.92 Å². The van der Waals surface area contributed by atoms with Crippen molar-refractivity contribution in [1.82, 2.24) is 14.8 Å². The van der Waals surface area contributed by atoms with E-state index in [0.29, 0.717) is 15.9 Å². The van der Waals surface area contributed by atoms with Gasteiger partial charge < -0.3 is 9.67 Å². The number of rotatable bonds is 4. The number of aromatic nitrogens is 3. The molecule has 8 nitrogen and oxygen atoms in total. The van der Waals surface area contributed by atoms with E-state index in [1.165, 1.54) is 30.0 Å². The minimum absolute atomic E-state index is 0.348. The molecular formula is C11H10N4O4S. The number of nitrogens with zero attached hydrogens (tertiary/aromatic N) is 4. The molecule has 20 heavy (non-hydrogen) atoms. The molecule has 2 aromatic rings. The summed E-state index contributed by atoms with van der Waals surface area (Å²) in [7, 11) is 1.78. The highest BCUT2D eigenvalue weighted by Crippen LogP contribution is 2.30. The number of carboxylic acids is 1. The van der Waals surface area contributed by atoms with Crippen molar-refractivity contribution in [3.63, 3.8) is 0 Å². The van der Waals surface area contributed by atoms with Crippen molar-refractivity contribution < 1.29 is 14.8 Å². The van der Waals surface area contributed by atoms with E-state index in [4.69, 9.17) is 5.11 Å². The first-order chi connectivity index (χ1) is 9.40. The Morgan fingerprint density at radius 3 is 2.65 bits per heavy atom. The molecular weight excluding hydrogens is 284 g/mol. The van der Waals surface area contributed by atoms with Crippen molar-refractivity contribution >= 4 is 23.4 Å².